The zero-order valence-electron chi connectivity index (χ0n) is 26.9. The molecule has 0 radical (unpaired) electrons. The maximum Gasteiger partial charge on any atom is 0.313 e. The monoisotopic (exact) mass is 659 g/mol. The van der Waals surface area contributed by atoms with Crippen molar-refractivity contribution in [2.45, 2.75) is 43.9 Å². The molecule has 0 aliphatic carbocycles. The summed E-state index contributed by atoms with van der Waals surface area (Å²) in [5, 5.41) is 8.15. The molecule has 4 aromatic rings. The van der Waals surface area contributed by atoms with Crippen LogP contribution >= 0.6 is 11.6 Å². The molecular weight excluding hydrogens is 632 g/mol. The Bertz CT molecular complexity index is 2110. The van der Waals surface area contributed by atoms with Crippen molar-refractivity contribution in [1.82, 2.24) is 20.4 Å². The van der Waals surface area contributed by atoms with Gasteiger partial charge in [0, 0.05) is 39.0 Å². The number of nitrogens with one attached hydrogen (secondary N) is 2. The van der Waals surface area contributed by atoms with E-state index in [1.54, 1.807) is 30.3 Å². The first kappa shape index (κ1) is 26.6. The van der Waals surface area contributed by atoms with Crippen LogP contribution in [0.25, 0.3) is 11.1 Å². The topological polar surface area (TPSA) is 104 Å². The third-order valence-electron chi connectivity index (χ3n) is 8.07. The molecule has 3 aliphatic heterocycles. The fourth-order valence-corrected chi connectivity index (χ4v) is 6.28. The average Bonchev–Trinajstić information content (AvgIpc) is 3.60. The summed E-state index contributed by atoms with van der Waals surface area (Å²) >= 11 is 6.58. The maximum atomic E-state index is 17.0. The smallest absolute Gasteiger partial charge is 0.313 e. The molecule has 0 saturated carbocycles. The lowest BCUT2D eigenvalue weighted by molar-refractivity contribution is 0.0539. The number of amides is 1. The highest BCUT2D eigenvalue weighted by molar-refractivity contribution is 6.34. The van der Waals surface area contributed by atoms with E-state index >= 15 is 8.78 Å². The molecule has 14 heteroatoms. The van der Waals surface area contributed by atoms with Crippen molar-refractivity contribution >= 4 is 17.5 Å². The van der Waals surface area contributed by atoms with Crippen molar-refractivity contribution in [3.63, 3.8) is 0 Å². The molecule has 2 N–H and O–H groups in total. The SMILES string of the molecule is [2H]C1([2H])CCC([2H])([C@@]2(c3ccccc3)Cc3c(cc(F)c(Cl)c3-c3c(C(=O)NC)cc4c(c3F)Oc3c(cnn(CC(F)F)c3=O)O4)O2)N1. The van der Waals surface area contributed by atoms with E-state index in [2.05, 4.69) is 15.7 Å². The van der Waals surface area contributed by atoms with Crippen LogP contribution in [0.5, 0.6) is 28.7 Å². The van der Waals surface area contributed by atoms with E-state index in [1.165, 1.54) is 7.05 Å². The second kappa shape index (κ2) is 11.3. The summed E-state index contributed by atoms with van der Waals surface area (Å²) in [6.07, 6.45) is -2.32. The minimum atomic E-state index is -2.94. The van der Waals surface area contributed by atoms with E-state index in [1.807, 2.05) is 0 Å². The number of nitrogens with zero attached hydrogens (tertiary/aromatic N) is 2. The van der Waals surface area contributed by atoms with Crippen molar-refractivity contribution in [3.05, 3.63) is 92.4 Å². The van der Waals surface area contributed by atoms with Crippen LogP contribution in [0.1, 0.15) is 38.4 Å². The highest BCUT2D eigenvalue weighted by atomic mass is 35.5. The number of fused-ring (bicyclic) bond motifs is 3. The zero-order chi connectivity index (χ0) is 35.0. The molecule has 0 spiro atoms. The second-order valence-corrected chi connectivity index (χ2v) is 11.1. The molecular formula is C32H25ClF4N4O5. The Balaban J connectivity index is 1.45. The predicted molar refractivity (Wildman–Crippen MR) is 158 cm³/mol. The van der Waals surface area contributed by atoms with Crippen LogP contribution in [-0.4, -0.2) is 41.7 Å². The normalized spacial score (nSPS) is 23.2. The Morgan fingerprint density at radius 3 is 2.67 bits per heavy atom. The van der Waals surface area contributed by atoms with Gasteiger partial charge in [0.05, 0.1) is 24.2 Å². The van der Waals surface area contributed by atoms with Gasteiger partial charge in [0.25, 0.3) is 12.3 Å². The van der Waals surface area contributed by atoms with Gasteiger partial charge in [0.15, 0.2) is 22.9 Å². The molecule has 2 atom stereocenters. The summed E-state index contributed by atoms with van der Waals surface area (Å²) in [4.78, 5) is 26.3. The zero-order valence-corrected chi connectivity index (χ0v) is 24.6. The summed E-state index contributed by atoms with van der Waals surface area (Å²) in [6.45, 7) is -3.02. The van der Waals surface area contributed by atoms with Crippen molar-refractivity contribution in [1.29, 1.82) is 0 Å². The van der Waals surface area contributed by atoms with E-state index in [4.69, 9.17) is 28.6 Å². The highest BCUT2D eigenvalue weighted by Crippen LogP contribution is 2.55. The Labute approximate surface area is 268 Å². The van der Waals surface area contributed by atoms with Gasteiger partial charge >= 0.3 is 5.56 Å². The third kappa shape index (κ3) is 4.68. The number of ether oxygens (including phenoxy) is 3. The standard InChI is InChI=1S/C32H25ClF4N4O5/c1-38-30(42)16-10-20-28(45-29-21(44-20)13-40-41(31(29)43)14-23(35)36)27(37)25(16)24-17-12-32(22-8-5-9-39-22,15-6-3-2-4-7-15)46-19(17)11-18(34)26(24)33/h2-4,6-7,10-11,13,22-23,39H,5,8-9,12,14H2,1H3,(H,38,42)/t22?,32-/m0/s1/i9D2,22D. The van der Waals surface area contributed by atoms with Crippen LogP contribution in [0.2, 0.25) is 5.02 Å². The van der Waals surface area contributed by atoms with Crippen LogP contribution in [0.15, 0.2) is 53.5 Å². The lowest BCUT2D eigenvalue weighted by Gasteiger charge is -2.35. The molecule has 46 heavy (non-hydrogen) atoms. The van der Waals surface area contributed by atoms with Crippen molar-refractivity contribution in [2.75, 3.05) is 13.5 Å². The highest BCUT2D eigenvalue weighted by Gasteiger charge is 2.50. The number of carbonyl (C=O) groups is 1. The summed E-state index contributed by atoms with van der Waals surface area (Å²) in [6, 6.07) is 8.70. The number of hydrogen-bond donors (Lipinski definition) is 2. The van der Waals surface area contributed by atoms with Crippen molar-refractivity contribution in [3.8, 4) is 39.9 Å². The lowest BCUT2D eigenvalue weighted by atomic mass is 9.80. The Morgan fingerprint density at radius 2 is 1.98 bits per heavy atom. The molecule has 1 saturated heterocycles. The van der Waals surface area contributed by atoms with Crippen LogP contribution in [0.3, 0.4) is 0 Å². The van der Waals surface area contributed by atoms with E-state index in [0.29, 0.717) is 10.2 Å². The van der Waals surface area contributed by atoms with E-state index in [9.17, 15) is 19.7 Å². The van der Waals surface area contributed by atoms with Gasteiger partial charge in [-0.05, 0) is 31.0 Å². The quantitative estimate of drug-likeness (QED) is 0.217. The number of aromatic nitrogens is 2. The molecule has 1 aromatic heterocycles. The second-order valence-electron chi connectivity index (χ2n) is 10.7. The first-order valence-electron chi connectivity index (χ1n) is 15.6. The van der Waals surface area contributed by atoms with Gasteiger partial charge < -0.3 is 24.8 Å². The molecule has 9 nitrogen and oxygen atoms in total. The molecule has 1 fully saturated rings. The van der Waals surface area contributed by atoms with Crippen molar-refractivity contribution < 1.29 is 40.7 Å². The molecule has 7 rings (SSSR count). The van der Waals surface area contributed by atoms with Gasteiger partial charge in [-0.2, -0.15) is 5.10 Å². The van der Waals surface area contributed by atoms with Crippen LogP contribution < -0.4 is 30.4 Å². The van der Waals surface area contributed by atoms with Crippen LogP contribution in [0, 0.1) is 11.6 Å². The largest absolute Gasteiger partial charge is 0.480 e. The van der Waals surface area contributed by atoms with E-state index in [-0.39, 0.29) is 53.2 Å². The summed E-state index contributed by atoms with van der Waals surface area (Å²) in [5.41, 5.74) is -3.56. The van der Waals surface area contributed by atoms with E-state index < -0.39 is 76.3 Å². The first-order valence-corrected chi connectivity index (χ1v) is 14.4. The number of hydrogen-bond acceptors (Lipinski definition) is 7. The minimum Gasteiger partial charge on any atom is -0.480 e. The van der Waals surface area contributed by atoms with Crippen molar-refractivity contribution in [2.24, 2.45) is 0 Å². The fraction of sp³-hybridized carbons (Fsp3) is 0.281. The van der Waals surface area contributed by atoms with Gasteiger partial charge in [0.2, 0.25) is 11.5 Å². The number of carbonyl (C=O) groups excluding carboxylic acids is 1. The Kier molecular flexibility index (Phi) is 6.54. The molecule has 238 valence electrons. The number of halogens is 5. The molecule has 3 aromatic carbocycles. The third-order valence-corrected chi connectivity index (χ3v) is 8.44. The summed E-state index contributed by atoms with van der Waals surface area (Å²) in [7, 11) is 1.27. The van der Waals surface area contributed by atoms with Crippen LogP contribution in [0.4, 0.5) is 17.6 Å². The number of rotatable bonds is 6. The molecule has 3 aliphatic rings. The van der Waals surface area contributed by atoms with Gasteiger partial charge in [-0.25, -0.2) is 22.2 Å². The van der Waals surface area contributed by atoms with Gasteiger partial charge in [-0.1, -0.05) is 41.9 Å². The van der Waals surface area contributed by atoms with Crippen LogP contribution in [-0.2, 0) is 18.6 Å². The predicted octanol–water partition coefficient (Wildman–Crippen LogP) is 5.95. The average molecular weight is 660 g/mol. The van der Waals surface area contributed by atoms with Gasteiger partial charge in [0.1, 0.15) is 18.1 Å². The maximum absolute atomic E-state index is 17.0. The molecule has 4 heterocycles. The Morgan fingerprint density at radius 1 is 1.20 bits per heavy atom. The number of alkyl halides is 2. The summed E-state index contributed by atoms with van der Waals surface area (Å²) < 4.78 is 103. The lowest BCUT2D eigenvalue weighted by Crippen LogP contribution is -2.48. The fourth-order valence-electron chi connectivity index (χ4n) is 6.02. The molecule has 1 amide bonds. The van der Waals surface area contributed by atoms with E-state index in [0.717, 1.165) is 18.3 Å². The van der Waals surface area contributed by atoms with Gasteiger partial charge in [-0.15, -0.1) is 0 Å². The molecule has 1 unspecified atom stereocenters. The summed E-state index contributed by atoms with van der Waals surface area (Å²) in [5.74, 6) is -5.41. The first-order chi connectivity index (χ1) is 23.2. The minimum absolute atomic E-state index is 0.0202. The van der Waals surface area contributed by atoms with Gasteiger partial charge in [-0.3, -0.25) is 9.59 Å². The molecule has 0 bridgehead atoms. The Hall–Kier alpha value is -4.62. The number of benzene rings is 3.